The van der Waals surface area contributed by atoms with Gasteiger partial charge in [-0.25, -0.2) is 13.8 Å². The largest absolute Gasteiger partial charge is 0.434 e. The van der Waals surface area contributed by atoms with Crippen molar-refractivity contribution >= 4 is 32.7 Å². The molecule has 1 heterocycles. The molecule has 96 valence electrons. The number of nitrogen functional groups attached to an aromatic ring is 1. The molecule has 0 spiro atoms. The van der Waals surface area contributed by atoms with Gasteiger partial charge in [0.15, 0.2) is 5.58 Å². The molecule has 6 heteroatoms. The monoisotopic (exact) mass is 324 g/mol. The predicted octanol–water partition coefficient (Wildman–Crippen LogP) is 4.12. The number of rotatable bonds is 1. The van der Waals surface area contributed by atoms with Crippen molar-refractivity contribution < 1.29 is 13.2 Å². The number of nitrogens with zero attached hydrogens (tertiary/aromatic N) is 1. The number of hydrogen-bond donors (Lipinski definition) is 1. The van der Waals surface area contributed by atoms with E-state index in [1.807, 2.05) is 0 Å². The van der Waals surface area contributed by atoms with E-state index < -0.39 is 11.6 Å². The smallest absolute Gasteiger partial charge is 0.227 e. The van der Waals surface area contributed by atoms with Gasteiger partial charge in [0.2, 0.25) is 5.89 Å². The van der Waals surface area contributed by atoms with Gasteiger partial charge in [-0.1, -0.05) is 15.9 Å². The van der Waals surface area contributed by atoms with E-state index in [0.29, 0.717) is 16.8 Å². The standard InChI is InChI=1S/C13H7BrF2N2O/c14-7-3-10(17)12-11(4-7)18-13(19-12)6-1-8(15)5-9(16)2-6/h1-5H,17H2. The Labute approximate surface area is 115 Å². The maximum Gasteiger partial charge on any atom is 0.227 e. The molecular weight excluding hydrogens is 318 g/mol. The molecule has 0 bridgehead atoms. The third-order valence-corrected chi connectivity index (χ3v) is 3.05. The molecule has 0 radical (unpaired) electrons. The van der Waals surface area contributed by atoms with Crippen LogP contribution in [0.3, 0.4) is 0 Å². The highest BCUT2D eigenvalue weighted by Gasteiger charge is 2.13. The number of aromatic nitrogens is 1. The van der Waals surface area contributed by atoms with E-state index in [-0.39, 0.29) is 11.5 Å². The molecule has 3 rings (SSSR count). The first-order chi connectivity index (χ1) is 9.02. The van der Waals surface area contributed by atoms with E-state index in [1.165, 1.54) is 0 Å². The lowest BCUT2D eigenvalue weighted by Crippen LogP contribution is -1.84. The van der Waals surface area contributed by atoms with Gasteiger partial charge < -0.3 is 10.2 Å². The van der Waals surface area contributed by atoms with Crippen LogP contribution in [0.1, 0.15) is 0 Å². The Hall–Kier alpha value is -1.95. The highest BCUT2D eigenvalue weighted by atomic mass is 79.9. The van der Waals surface area contributed by atoms with E-state index in [1.54, 1.807) is 12.1 Å². The van der Waals surface area contributed by atoms with E-state index >= 15 is 0 Å². The van der Waals surface area contributed by atoms with Gasteiger partial charge in [0, 0.05) is 16.1 Å². The molecule has 0 fully saturated rings. The molecule has 3 aromatic rings. The van der Waals surface area contributed by atoms with Crippen molar-refractivity contribution in [1.82, 2.24) is 4.98 Å². The number of hydrogen-bond acceptors (Lipinski definition) is 3. The summed E-state index contributed by atoms with van der Waals surface area (Å²) in [5, 5.41) is 0. The van der Waals surface area contributed by atoms with Gasteiger partial charge in [-0.05, 0) is 24.3 Å². The molecule has 0 aliphatic rings. The average Bonchev–Trinajstić information content (AvgIpc) is 2.71. The van der Waals surface area contributed by atoms with Crippen LogP contribution in [0.5, 0.6) is 0 Å². The van der Waals surface area contributed by atoms with E-state index in [2.05, 4.69) is 20.9 Å². The lowest BCUT2D eigenvalue weighted by Gasteiger charge is -1.96. The summed E-state index contributed by atoms with van der Waals surface area (Å²) in [6.07, 6.45) is 0. The zero-order chi connectivity index (χ0) is 13.6. The summed E-state index contributed by atoms with van der Waals surface area (Å²) in [6.45, 7) is 0. The van der Waals surface area contributed by atoms with Crippen LogP contribution in [0.15, 0.2) is 39.2 Å². The lowest BCUT2D eigenvalue weighted by atomic mass is 10.2. The predicted molar refractivity (Wildman–Crippen MR) is 71.5 cm³/mol. The second-order valence-electron chi connectivity index (χ2n) is 4.02. The summed E-state index contributed by atoms with van der Waals surface area (Å²) >= 11 is 3.29. The van der Waals surface area contributed by atoms with Crippen molar-refractivity contribution in [2.24, 2.45) is 0 Å². The zero-order valence-electron chi connectivity index (χ0n) is 9.45. The van der Waals surface area contributed by atoms with Crippen LogP contribution < -0.4 is 5.73 Å². The molecular formula is C13H7BrF2N2O. The average molecular weight is 325 g/mol. The van der Waals surface area contributed by atoms with Crippen LogP contribution in [0, 0.1) is 11.6 Å². The molecule has 0 amide bonds. The number of halogens is 3. The third-order valence-electron chi connectivity index (χ3n) is 2.59. The summed E-state index contributed by atoms with van der Waals surface area (Å²) in [5.41, 5.74) is 7.34. The molecule has 0 atom stereocenters. The Morgan fingerprint density at radius 2 is 1.74 bits per heavy atom. The fraction of sp³-hybridized carbons (Fsp3) is 0. The molecule has 0 aliphatic carbocycles. The zero-order valence-corrected chi connectivity index (χ0v) is 11.0. The molecule has 0 unspecified atom stereocenters. The summed E-state index contributed by atoms with van der Waals surface area (Å²) in [4.78, 5) is 4.18. The molecule has 19 heavy (non-hydrogen) atoms. The minimum Gasteiger partial charge on any atom is -0.434 e. The van der Waals surface area contributed by atoms with Crippen LogP contribution in [0.2, 0.25) is 0 Å². The highest BCUT2D eigenvalue weighted by molar-refractivity contribution is 9.10. The SMILES string of the molecule is Nc1cc(Br)cc2nc(-c3cc(F)cc(F)c3)oc12. The van der Waals surface area contributed by atoms with E-state index in [0.717, 1.165) is 22.7 Å². The number of anilines is 1. The molecule has 2 aromatic carbocycles. The second kappa shape index (κ2) is 4.31. The quantitative estimate of drug-likeness (QED) is 0.685. The maximum absolute atomic E-state index is 13.2. The van der Waals surface area contributed by atoms with Crippen LogP contribution in [-0.4, -0.2) is 4.98 Å². The van der Waals surface area contributed by atoms with Crippen molar-refractivity contribution in [2.75, 3.05) is 5.73 Å². The minimum atomic E-state index is -0.689. The summed E-state index contributed by atoms with van der Waals surface area (Å²) in [5.74, 6) is -1.25. The first-order valence-electron chi connectivity index (χ1n) is 5.35. The van der Waals surface area contributed by atoms with Crippen LogP contribution >= 0.6 is 15.9 Å². The van der Waals surface area contributed by atoms with Crippen molar-refractivity contribution in [1.29, 1.82) is 0 Å². The van der Waals surface area contributed by atoms with Gasteiger partial charge in [-0.15, -0.1) is 0 Å². The fourth-order valence-electron chi connectivity index (χ4n) is 1.82. The Morgan fingerprint density at radius 3 is 2.42 bits per heavy atom. The van der Waals surface area contributed by atoms with Crippen LogP contribution in [0.25, 0.3) is 22.6 Å². The van der Waals surface area contributed by atoms with Gasteiger partial charge >= 0.3 is 0 Å². The first-order valence-corrected chi connectivity index (χ1v) is 6.14. The van der Waals surface area contributed by atoms with Gasteiger partial charge in [-0.2, -0.15) is 0 Å². The Bertz CT molecular complexity index is 765. The maximum atomic E-state index is 13.2. The van der Waals surface area contributed by atoms with Gasteiger partial charge in [0.05, 0.1) is 5.69 Å². The molecule has 3 nitrogen and oxygen atoms in total. The van der Waals surface area contributed by atoms with Gasteiger partial charge in [0.25, 0.3) is 0 Å². The van der Waals surface area contributed by atoms with Crippen LogP contribution in [0.4, 0.5) is 14.5 Å². The van der Waals surface area contributed by atoms with Crippen molar-refractivity contribution in [2.45, 2.75) is 0 Å². The number of oxazole rings is 1. The van der Waals surface area contributed by atoms with E-state index in [9.17, 15) is 8.78 Å². The van der Waals surface area contributed by atoms with Gasteiger partial charge in [-0.3, -0.25) is 0 Å². The minimum absolute atomic E-state index is 0.123. The topological polar surface area (TPSA) is 52.0 Å². The van der Waals surface area contributed by atoms with Gasteiger partial charge in [0.1, 0.15) is 17.2 Å². The normalized spacial score (nSPS) is 11.1. The fourth-order valence-corrected chi connectivity index (χ4v) is 2.29. The number of benzene rings is 2. The van der Waals surface area contributed by atoms with E-state index in [4.69, 9.17) is 10.2 Å². The van der Waals surface area contributed by atoms with Crippen molar-refractivity contribution in [3.05, 3.63) is 46.4 Å². The first kappa shape index (κ1) is 12.1. The van der Waals surface area contributed by atoms with Crippen LogP contribution in [-0.2, 0) is 0 Å². The van der Waals surface area contributed by atoms with Crippen molar-refractivity contribution in [3.63, 3.8) is 0 Å². The number of fused-ring (bicyclic) bond motifs is 1. The molecule has 2 N–H and O–H groups in total. The summed E-state index contributed by atoms with van der Waals surface area (Å²) in [7, 11) is 0. The molecule has 0 aliphatic heterocycles. The number of nitrogens with two attached hydrogens (primary N) is 1. The second-order valence-corrected chi connectivity index (χ2v) is 4.94. The Balaban J connectivity index is 2.23. The third kappa shape index (κ3) is 2.19. The lowest BCUT2D eigenvalue weighted by molar-refractivity contribution is 0.578. The Kier molecular flexibility index (Phi) is 2.74. The summed E-state index contributed by atoms with van der Waals surface area (Å²) < 4.78 is 32.6. The Morgan fingerprint density at radius 1 is 1.05 bits per heavy atom. The molecule has 0 saturated heterocycles. The summed E-state index contributed by atoms with van der Waals surface area (Å²) in [6, 6.07) is 6.48. The highest BCUT2D eigenvalue weighted by Crippen LogP contribution is 2.31. The van der Waals surface area contributed by atoms with Crippen molar-refractivity contribution in [3.8, 4) is 11.5 Å². The molecule has 0 saturated carbocycles. The molecule has 1 aromatic heterocycles.